The summed E-state index contributed by atoms with van der Waals surface area (Å²) in [7, 11) is 0. The molecule has 1 unspecified atom stereocenters. The van der Waals surface area contributed by atoms with Gasteiger partial charge in [-0.15, -0.1) is 0 Å². The Morgan fingerprint density at radius 2 is 1.80 bits per heavy atom. The van der Waals surface area contributed by atoms with Gasteiger partial charge in [0.05, 0.1) is 0 Å². The zero-order valence-electron chi connectivity index (χ0n) is 8.92. The SMILES string of the molecule is O=C1NC(=O)C(CCC2CCCCC2)N1. The molecule has 0 aromatic rings. The van der Waals surface area contributed by atoms with Crippen LogP contribution in [-0.2, 0) is 4.79 Å². The van der Waals surface area contributed by atoms with Crippen LogP contribution in [0.4, 0.5) is 4.79 Å². The van der Waals surface area contributed by atoms with Crippen molar-refractivity contribution in [2.75, 3.05) is 0 Å². The first kappa shape index (κ1) is 10.5. The molecule has 4 nitrogen and oxygen atoms in total. The molecular weight excluding hydrogens is 192 g/mol. The molecule has 0 aromatic carbocycles. The predicted octanol–water partition coefficient (Wildman–Crippen LogP) is 1.55. The van der Waals surface area contributed by atoms with E-state index in [4.69, 9.17) is 0 Å². The number of urea groups is 1. The molecule has 1 heterocycles. The van der Waals surface area contributed by atoms with E-state index >= 15 is 0 Å². The number of amides is 3. The van der Waals surface area contributed by atoms with E-state index in [9.17, 15) is 9.59 Å². The quantitative estimate of drug-likeness (QED) is 0.694. The van der Waals surface area contributed by atoms with E-state index in [-0.39, 0.29) is 18.0 Å². The molecule has 84 valence electrons. The molecule has 15 heavy (non-hydrogen) atoms. The molecule has 1 aliphatic heterocycles. The van der Waals surface area contributed by atoms with Crippen LogP contribution >= 0.6 is 0 Å². The molecule has 2 rings (SSSR count). The largest absolute Gasteiger partial charge is 0.326 e. The van der Waals surface area contributed by atoms with Crippen LogP contribution in [-0.4, -0.2) is 18.0 Å². The molecule has 2 fully saturated rings. The number of carbonyl (C=O) groups excluding carboxylic acids is 2. The third kappa shape index (κ3) is 2.70. The highest BCUT2D eigenvalue weighted by molar-refractivity contribution is 6.04. The van der Waals surface area contributed by atoms with Gasteiger partial charge in [0.2, 0.25) is 0 Å². The van der Waals surface area contributed by atoms with Crippen molar-refractivity contribution in [1.82, 2.24) is 10.6 Å². The van der Waals surface area contributed by atoms with Crippen LogP contribution < -0.4 is 10.6 Å². The summed E-state index contributed by atoms with van der Waals surface area (Å²) >= 11 is 0. The minimum atomic E-state index is -0.339. The lowest BCUT2D eigenvalue weighted by Crippen LogP contribution is -2.29. The van der Waals surface area contributed by atoms with Crippen LogP contribution in [0.25, 0.3) is 0 Å². The molecular formula is C11H18N2O2. The molecule has 1 aliphatic carbocycles. The monoisotopic (exact) mass is 210 g/mol. The topological polar surface area (TPSA) is 58.2 Å². The van der Waals surface area contributed by atoms with Gasteiger partial charge in [0, 0.05) is 0 Å². The van der Waals surface area contributed by atoms with Crippen molar-refractivity contribution in [3.63, 3.8) is 0 Å². The van der Waals surface area contributed by atoms with E-state index < -0.39 is 0 Å². The summed E-state index contributed by atoms with van der Waals surface area (Å²) in [5.74, 6) is 0.611. The first-order chi connectivity index (χ1) is 7.25. The number of rotatable bonds is 3. The van der Waals surface area contributed by atoms with Crippen molar-refractivity contribution < 1.29 is 9.59 Å². The Hall–Kier alpha value is -1.06. The highest BCUT2D eigenvalue weighted by Crippen LogP contribution is 2.27. The summed E-state index contributed by atoms with van der Waals surface area (Å²) in [5, 5.41) is 4.91. The van der Waals surface area contributed by atoms with Crippen LogP contribution in [0, 0.1) is 5.92 Å². The van der Waals surface area contributed by atoms with E-state index in [0.717, 1.165) is 18.8 Å². The van der Waals surface area contributed by atoms with Gasteiger partial charge in [-0.25, -0.2) is 4.79 Å². The molecule has 4 heteroatoms. The lowest BCUT2D eigenvalue weighted by molar-refractivity contribution is -0.120. The summed E-state index contributed by atoms with van der Waals surface area (Å²) in [6, 6.07) is -0.618. The lowest BCUT2D eigenvalue weighted by atomic mass is 9.85. The van der Waals surface area contributed by atoms with Gasteiger partial charge < -0.3 is 5.32 Å². The number of carbonyl (C=O) groups is 2. The van der Waals surface area contributed by atoms with Crippen molar-refractivity contribution in [3.8, 4) is 0 Å². The smallest absolute Gasteiger partial charge is 0.322 e. The highest BCUT2D eigenvalue weighted by Gasteiger charge is 2.29. The fourth-order valence-corrected chi connectivity index (χ4v) is 2.54. The van der Waals surface area contributed by atoms with Crippen LogP contribution in [0.1, 0.15) is 44.9 Å². The molecule has 1 saturated heterocycles. The Balaban J connectivity index is 1.73. The van der Waals surface area contributed by atoms with Gasteiger partial charge in [-0.2, -0.15) is 0 Å². The van der Waals surface area contributed by atoms with E-state index in [1.165, 1.54) is 32.1 Å². The van der Waals surface area contributed by atoms with Crippen molar-refractivity contribution in [1.29, 1.82) is 0 Å². The number of hydrogen-bond donors (Lipinski definition) is 2. The molecule has 1 saturated carbocycles. The highest BCUT2D eigenvalue weighted by atomic mass is 16.2. The fraction of sp³-hybridized carbons (Fsp3) is 0.818. The second-order valence-electron chi connectivity index (χ2n) is 4.60. The zero-order valence-corrected chi connectivity index (χ0v) is 8.92. The van der Waals surface area contributed by atoms with Gasteiger partial charge in [-0.3, -0.25) is 10.1 Å². The van der Waals surface area contributed by atoms with Crippen molar-refractivity contribution in [2.24, 2.45) is 5.92 Å². The van der Waals surface area contributed by atoms with Gasteiger partial charge >= 0.3 is 6.03 Å². The van der Waals surface area contributed by atoms with Gasteiger partial charge in [-0.05, 0) is 18.8 Å². The van der Waals surface area contributed by atoms with E-state index in [1.807, 2.05) is 0 Å². The average molecular weight is 210 g/mol. The second-order valence-corrected chi connectivity index (χ2v) is 4.60. The van der Waals surface area contributed by atoms with Crippen molar-refractivity contribution in [3.05, 3.63) is 0 Å². The van der Waals surface area contributed by atoms with Crippen LogP contribution in [0.2, 0.25) is 0 Å². The average Bonchev–Trinajstić information content (AvgIpc) is 2.56. The van der Waals surface area contributed by atoms with Gasteiger partial charge in [0.1, 0.15) is 6.04 Å². The van der Waals surface area contributed by atoms with E-state index in [2.05, 4.69) is 10.6 Å². The number of nitrogens with one attached hydrogen (secondary N) is 2. The molecule has 2 aliphatic rings. The number of hydrogen-bond acceptors (Lipinski definition) is 2. The summed E-state index contributed by atoms with van der Waals surface area (Å²) in [6.07, 6.45) is 8.46. The molecule has 0 aromatic heterocycles. The Bertz CT molecular complexity index is 259. The van der Waals surface area contributed by atoms with Crippen LogP contribution in [0.3, 0.4) is 0 Å². The third-order valence-corrected chi connectivity index (χ3v) is 3.45. The maximum atomic E-state index is 11.3. The van der Waals surface area contributed by atoms with E-state index in [0.29, 0.717) is 0 Å². The van der Waals surface area contributed by atoms with Crippen LogP contribution in [0.5, 0.6) is 0 Å². The molecule has 3 amide bonds. The summed E-state index contributed by atoms with van der Waals surface area (Å²) < 4.78 is 0. The molecule has 2 N–H and O–H groups in total. The molecule has 0 spiro atoms. The molecule has 1 atom stereocenters. The summed E-state index contributed by atoms with van der Waals surface area (Å²) in [5.41, 5.74) is 0. The van der Waals surface area contributed by atoms with Gasteiger partial charge in [-0.1, -0.05) is 32.1 Å². The number of imide groups is 1. The van der Waals surface area contributed by atoms with Gasteiger partial charge in [0.15, 0.2) is 0 Å². The molecule has 0 bridgehead atoms. The van der Waals surface area contributed by atoms with Crippen LogP contribution in [0.15, 0.2) is 0 Å². The normalized spacial score (nSPS) is 27.6. The molecule has 0 radical (unpaired) electrons. The Kier molecular flexibility index (Phi) is 3.23. The maximum Gasteiger partial charge on any atom is 0.322 e. The zero-order chi connectivity index (χ0) is 10.7. The Morgan fingerprint density at radius 3 is 2.40 bits per heavy atom. The van der Waals surface area contributed by atoms with E-state index in [1.54, 1.807) is 0 Å². The summed E-state index contributed by atoms with van der Waals surface area (Å²) in [4.78, 5) is 22.1. The standard InChI is InChI=1S/C11H18N2O2/c14-10-9(12-11(15)13-10)7-6-8-4-2-1-3-5-8/h8-9H,1-7H2,(H2,12,13,14,15). The van der Waals surface area contributed by atoms with Gasteiger partial charge in [0.25, 0.3) is 5.91 Å². The second kappa shape index (κ2) is 4.64. The lowest BCUT2D eigenvalue weighted by Gasteiger charge is -2.22. The third-order valence-electron chi connectivity index (χ3n) is 3.45. The first-order valence-electron chi connectivity index (χ1n) is 5.87. The minimum Gasteiger partial charge on any atom is -0.326 e. The van der Waals surface area contributed by atoms with Crippen molar-refractivity contribution in [2.45, 2.75) is 51.0 Å². The fourth-order valence-electron chi connectivity index (χ4n) is 2.54. The first-order valence-corrected chi connectivity index (χ1v) is 5.87. The Labute approximate surface area is 89.8 Å². The minimum absolute atomic E-state index is 0.157. The van der Waals surface area contributed by atoms with Crippen molar-refractivity contribution >= 4 is 11.9 Å². The Morgan fingerprint density at radius 1 is 1.07 bits per heavy atom. The summed E-state index contributed by atoms with van der Waals surface area (Å²) in [6.45, 7) is 0. The predicted molar refractivity (Wildman–Crippen MR) is 56.3 cm³/mol. The maximum absolute atomic E-state index is 11.3.